The quantitative estimate of drug-likeness (QED) is 0.919. The zero-order chi connectivity index (χ0) is 14.8. The molecule has 1 aliphatic rings. The topological polar surface area (TPSA) is 49.4 Å². The van der Waals surface area contributed by atoms with Gasteiger partial charge in [-0.3, -0.25) is 9.59 Å². The third-order valence-corrected chi connectivity index (χ3v) is 3.72. The second kappa shape index (κ2) is 5.40. The number of fused-ring (bicyclic) bond motifs is 1. The number of aryl methyl sites for hydroxylation is 1. The lowest BCUT2D eigenvalue weighted by molar-refractivity contribution is -0.118. The van der Waals surface area contributed by atoms with Crippen LogP contribution in [0.3, 0.4) is 0 Å². The van der Waals surface area contributed by atoms with Gasteiger partial charge in [-0.15, -0.1) is 0 Å². The fraction of sp³-hybridized carbons (Fsp3) is 0.176. The number of hydrogen-bond donors (Lipinski definition) is 1. The summed E-state index contributed by atoms with van der Waals surface area (Å²) in [5, 5.41) is 2.89. The van der Waals surface area contributed by atoms with E-state index in [-0.39, 0.29) is 11.8 Å². The zero-order valence-corrected chi connectivity index (χ0v) is 11.8. The van der Waals surface area contributed by atoms with Crippen LogP contribution in [-0.4, -0.2) is 18.9 Å². The predicted molar refractivity (Wildman–Crippen MR) is 82.6 cm³/mol. The normalized spacial score (nSPS) is 13.8. The van der Waals surface area contributed by atoms with E-state index in [1.54, 1.807) is 24.1 Å². The number of carbonyl (C=O) groups is 2. The van der Waals surface area contributed by atoms with Crippen LogP contribution in [0.2, 0.25) is 0 Å². The number of carbonyl (C=O) groups excluding carboxylic acids is 2. The first-order valence-electron chi connectivity index (χ1n) is 6.91. The van der Waals surface area contributed by atoms with Crippen molar-refractivity contribution < 1.29 is 9.59 Å². The van der Waals surface area contributed by atoms with Crippen LogP contribution in [0, 0.1) is 0 Å². The van der Waals surface area contributed by atoms with Crippen molar-refractivity contribution in [2.75, 3.05) is 17.3 Å². The Hall–Kier alpha value is -2.62. The third kappa shape index (κ3) is 2.65. The predicted octanol–water partition coefficient (Wildman–Crippen LogP) is 2.85. The maximum atomic E-state index is 12.1. The van der Waals surface area contributed by atoms with E-state index in [4.69, 9.17) is 0 Å². The second-order valence-electron chi connectivity index (χ2n) is 5.12. The smallest absolute Gasteiger partial charge is 0.255 e. The largest absolute Gasteiger partial charge is 0.322 e. The highest BCUT2D eigenvalue weighted by Gasteiger charge is 2.21. The van der Waals surface area contributed by atoms with Gasteiger partial charge in [0.15, 0.2) is 0 Å². The van der Waals surface area contributed by atoms with Crippen molar-refractivity contribution in [1.29, 1.82) is 0 Å². The third-order valence-electron chi connectivity index (χ3n) is 3.72. The highest BCUT2D eigenvalue weighted by Crippen LogP contribution is 2.29. The van der Waals surface area contributed by atoms with Crippen LogP contribution >= 0.6 is 0 Å². The highest BCUT2D eigenvalue weighted by molar-refractivity contribution is 6.04. The van der Waals surface area contributed by atoms with Crippen molar-refractivity contribution in [3.05, 3.63) is 59.7 Å². The minimum Gasteiger partial charge on any atom is -0.322 e. The van der Waals surface area contributed by atoms with Crippen molar-refractivity contribution in [3.8, 4) is 0 Å². The van der Waals surface area contributed by atoms with Gasteiger partial charge in [-0.1, -0.05) is 18.2 Å². The van der Waals surface area contributed by atoms with Gasteiger partial charge >= 0.3 is 0 Å². The molecule has 0 unspecified atom stereocenters. The first kappa shape index (κ1) is 13.4. The maximum absolute atomic E-state index is 12.1. The highest BCUT2D eigenvalue weighted by atomic mass is 16.2. The van der Waals surface area contributed by atoms with Crippen LogP contribution in [0.5, 0.6) is 0 Å². The Morgan fingerprint density at radius 1 is 1.10 bits per heavy atom. The molecule has 0 atom stereocenters. The number of amides is 2. The first-order valence-corrected chi connectivity index (χ1v) is 6.91. The molecule has 1 N–H and O–H groups in total. The molecule has 106 valence electrons. The van der Waals surface area contributed by atoms with Crippen LogP contribution < -0.4 is 10.2 Å². The summed E-state index contributed by atoms with van der Waals surface area (Å²) in [6.45, 7) is 0. The lowest BCUT2D eigenvalue weighted by Gasteiger charge is -2.26. The molecule has 1 heterocycles. The molecule has 0 saturated carbocycles. The SMILES string of the molecule is CN1C(=O)CCc2cc(NC(=O)c3ccccc3)ccc21. The molecule has 0 bridgehead atoms. The Morgan fingerprint density at radius 2 is 1.86 bits per heavy atom. The molecule has 2 amide bonds. The fourth-order valence-corrected chi connectivity index (χ4v) is 2.53. The molecule has 0 radical (unpaired) electrons. The van der Waals surface area contributed by atoms with E-state index >= 15 is 0 Å². The number of hydrogen-bond acceptors (Lipinski definition) is 2. The van der Waals surface area contributed by atoms with E-state index in [1.165, 1.54) is 0 Å². The van der Waals surface area contributed by atoms with Crippen LogP contribution in [0.25, 0.3) is 0 Å². The Balaban J connectivity index is 1.82. The van der Waals surface area contributed by atoms with Crippen molar-refractivity contribution in [2.45, 2.75) is 12.8 Å². The van der Waals surface area contributed by atoms with Gasteiger partial charge in [0.25, 0.3) is 5.91 Å². The lowest BCUT2D eigenvalue weighted by Crippen LogP contribution is -2.31. The van der Waals surface area contributed by atoms with Gasteiger partial charge in [0.05, 0.1) is 0 Å². The van der Waals surface area contributed by atoms with Gasteiger partial charge in [-0.05, 0) is 42.3 Å². The Kier molecular flexibility index (Phi) is 3.44. The summed E-state index contributed by atoms with van der Waals surface area (Å²) in [5.41, 5.74) is 3.39. The molecule has 0 saturated heterocycles. The summed E-state index contributed by atoms with van der Waals surface area (Å²) in [7, 11) is 1.78. The van der Waals surface area contributed by atoms with Gasteiger partial charge in [0, 0.05) is 30.4 Å². The molecule has 2 aromatic rings. The van der Waals surface area contributed by atoms with Crippen LogP contribution in [-0.2, 0) is 11.2 Å². The molecule has 0 fully saturated rings. The lowest BCUT2D eigenvalue weighted by atomic mass is 10.0. The van der Waals surface area contributed by atoms with E-state index in [2.05, 4.69) is 5.32 Å². The van der Waals surface area contributed by atoms with Gasteiger partial charge in [0.2, 0.25) is 5.91 Å². The van der Waals surface area contributed by atoms with Gasteiger partial charge in [-0.25, -0.2) is 0 Å². The summed E-state index contributed by atoms with van der Waals surface area (Å²) < 4.78 is 0. The fourth-order valence-electron chi connectivity index (χ4n) is 2.53. The number of rotatable bonds is 2. The molecule has 4 heteroatoms. The van der Waals surface area contributed by atoms with Crippen molar-refractivity contribution in [2.24, 2.45) is 0 Å². The average Bonchev–Trinajstić information content (AvgIpc) is 2.52. The minimum absolute atomic E-state index is 0.128. The van der Waals surface area contributed by atoms with Crippen LogP contribution in [0.4, 0.5) is 11.4 Å². The summed E-state index contributed by atoms with van der Waals surface area (Å²) in [6.07, 6.45) is 1.23. The summed E-state index contributed by atoms with van der Waals surface area (Å²) in [5.74, 6) is -0.000591. The Morgan fingerprint density at radius 3 is 2.62 bits per heavy atom. The summed E-state index contributed by atoms with van der Waals surface area (Å²) in [6, 6.07) is 14.8. The summed E-state index contributed by atoms with van der Waals surface area (Å²) in [4.78, 5) is 25.5. The first-order chi connectivity index (χ1) is 10.1. The van der Waals surface area contributed by atoms with Gasteiger partial charge in [-0.2, -0.15) is 0 Å². The van der Waals surface area contributed by atoms with Crippen LogP contribution in [0.1, 0.15) is 22.3 Å². The molecule has 0 aliphatic carbocycles. The standard InChI is InChI=1S/C17H16N2O2/c1-19-15-9-8-14(11-13(15)7-10-16(19)20)18-17(21)12-5-3-2-4-6-12/h2-6,8-9,11H,7,10H2,1H3,(H,18,21). The van der Waals surface area contributed by atoms with E-state index in [1.807, 2.05) is 36.4 Å². The van der Waals surface area contributed by atoms with E-state index in [0.717, 1.165) is 16.9 Å². The van der Waals surface area contributed by atoms with E-state index in [0.29, 0.717) is 18.4 Å². The summed E-state index contributed by atoms with van der Waals surface area (Å²) >= 11 is 0. The minimum atomic E-state index is -0.129. The molecule has 0 spiro atoms. The molecule has 2 aromatic carbocycles. The van der Waals surface area contributed by atoms with Crippen molar-refractivity contribution >= 4 is 23.2 Å². The molecular formula is C17H16N2O2. The molecular weight excluding hydrogens is 264 g/mol. The van der Waals surface area contributed by atoms with Gasteiger partial charge in [0.1, 0.15) is 0 Å². The van der Waals surface area contributed by atoms with E-state index in [9.17, 15) is 9.59 Å². The van der Waals surface area contributed by atoms with E-state index < -0.39 is 0 Å². The Bertz CT molecular complexity index is 695. The number of anilines is 2. The monoisotopic (exact) mass is 280 g/mol. The number of nitrogens with zero attached hydrogens (tertiary/aromatic N) is 1. The molecule has 21 heavy (non-hydrogen) atoms. The number of nitrogens with one attached hydrogen (secondary N) is 1. The maximum Gasteiger partial charge on any atom is 0.255 e. The van der Waals surface area contributed by atoms with Crippen LogP contribution in [0.15, 0.2) is 48.5 Å². The average molecular weight is 280 g/mol. The van der Waals surface area contributed by atoms with Gasteiger partial charge < -0.3 is 10.2 Å². The molecule has 3 rings (SSSR count). The Labute approximate surface area is 123 Å². The van der Waals surface area contributed by atoms with Crippen molar-refractivity contribution in [1.82, 2.24) is 0 Å². The van der Waals surface area contributed by atoms with Crippen molar-refractivity contribution in [3.63, 3.8) is 0 Å². The molecule has 0 aromatic heterocycles. The number of benzene rings is 2. The zero-order valence-electron chi connectivity index (χ0n) is 11.8. The molecule has 1 aliphatic heterocycles. The molecule has 4 nitrogen and oxygen atoms in total. The second-order valence-corrected chi connectivity index (χ2v) is 5.12.